The number of nitrogens with one attached hydrogen (secondary N) is 2. The van der Waals surface area contributed by atoms with Gasteiger partial charge < -0.3 is 15.8 Å². The molecular formula is C19H19F3N6O. The maximum atomic E-state index is 12.2. The molecule has 1 heterocycles. The summed E-state index contributed by atoms with van der Waals surface area (Å²) in [6, 6.07) is 13.2. The van der Waals surface area contributed by atoms with Gasteiger partial charge in [0, 0.05) is 12.1 Å². The van der Waals surface area contributed by atoms with Crippen molar-refractivity contribution in [2.45, 2.75) is 26.4 Å². The van der Waals surface area contributed by atoms with Gasteiger partial charge in [0.2, 0.25) is 0 Å². The second-order valence-electron chi connectivity index (χ2n) is 6.19. The Kier molecular flexibility index (Phi) is 6.01. The van der Waals surface area contributed by atoms with Crippen LogP contribution in [-0.4, -0.2) is 27.5 Å². The summed E-state index contributed by atoms with van der Waals surface area (Å²) < 4.78 is 40.3. The number of aromatic amines is 1. The van der Waals surface area contributed by atoms with Gasteiger partial charge in [-0.25, -0.2) is 9.98 Å². The summed E-state index contributed by atoms with van der Waals surface area (Å²) >= 11 is 0. The molecule has 0 aliphatic carbocycles. The van der Waals surface area contributed by atoms with Gasteiger partial charge in [0.25, 0.3) is 0 Å². The summed E-state index contributed by atoms with van der Waals surface area (Å²) in [7, 11) is 0. The van der Waals surface area contributed by atoms with E-state index < -0.39 is 6.36 Å². The van der Waals surface area contributed by atoms with Crippen LogP contribution in [0, 0.1) is 6.92 Å². The molecule has 29 heavy (non-hydrogen) atoms. The average molecular weight is 404 g/mol. The molecule has 4 N–H and O–H groups in total. The molecule has 3 rings (SSSR count). The standard InChI is InChI=1S/C19H19F3N6O/c1-12-26-17(28-27-12)15-4-2-3-14(9-15)11-25-18(23)24-10-13-5-7-16(8-6-13)29-19(20,21)22/h2-9H,10-11H2,1H3,(H3,23,24,25)(H,26,27,28). The van der Waals surface area contributed by atoms with Crippen molar-refractivity contribution < 1.29 is 17.9 Å². The van der Waals surface area contributed by atoms with E-state index in [1.54, 1.807) is 0 Å². The van der Waals surface area contributed by atoms with Gasteiger partial charge in [-0.05, 0) is 36.2 Å². The molecule has 0 spiro atoms. The van der Waals surface area contributed by atoms with E-state index in [-0.39, 0.29) is 11.7 Å². The highest BCUT2D eigenvalue weighted by molar-refractivity contribution is 5.77. The Morgan fingerprint density at radius 3 is 2.59 bits per heavy atom. The summed E-state index contributed by atoms with van der Waals surface area (Å²) in [6.07, 6.45) is -4.71. The Balaban J connectivity index is 1.54. The first-order valence-corrected chi connectivity index (χ1v) is 8.65. The lowest BCUT2D eigenvalue weighted by Crippen LogP contribution is -2.31. The minimum Gasteiger partial charge on any atom is -0.406 e. The van der Waals surface area contributed by atoms with Crippen molar-refractivity contribution in [3.05, 3.63) is 65.5 Å². The molecule has 152 valence electrons. The number of H-pyrrole nitrogens is 1. The number of benzene rings is 2. The number of aliphatic imine (C=N–C) groups is 1. The molecule has 0 unspecified atom stereocenters. The molecular weight excluding hydrogens is 385 g/mol. The fourth-order valence-corrected chi connectivity index (χ4v) is 2.51. The van der Waals surface area contributed by atoms with Crippen LogP contribution in [0.1, 0.15) is 17.0 Å². The minimum atomic E-state index is -4.71. The number of alkyl halides is 3. The van der Waals surface area contributed by atoms with Crippen LogP contribution in [0.3, 0.4) is 0 Å². The van der Waals surface area contributed by atoms with E-state index in [1.807, 2.05) is 31.2 Å². The van der Waals surface area contributed by atoms with Crippen LogP contribution in [-0.2, 0) is 13.1 Å². The van der Waals surface area contributed by atoms with Crippen molar-refractivity contribution in [3.63, 3.8) is 0 Å². The van der Waals surface area contributed by atoms with E-state index >= 15 is 0 Å². The molecule has 0 bridgehead atoms. The normalized spacial score (nSPS) is 12.1. The number of nitrogens with zero attached hydrogens (tertiary/aromatic N) is 3. The third kappa shape index (κ3) is 6.23. The number of ether oxygens (including phenoxy) is 1. The Morgan fingerprint density at radius 1 is 1.17 bits per heavy atom. The highest BCUT2D eigenvalue weighted by atomic mass is 19.4. The number of aryl methyl sites for hydroxylation is 1. The smallest absolute Gasteiger partial charge is 0.406 e. The van der Waals surface area contributed by atoms with E-state index in [1.165, 1.54) is 24.3 Å². The predicted octanol–water partition coefficient (Wildman–Crippen LogP) is 3.28. The highest BCUT2D eigenvalue weighted by Gasteiger charge is 2.30. The van der Waals surface area contributed by atoms with Crippen LogP contribution in [0.25, 0.3) is 11.4 Å². The van der Waals surface area contributed by atoms with Crippen molar-refractivity contribution in [1.29, 1.82) is 0 Å². The van der Waals surface area contributed by atoms with Crippen LogP contribution in [0.2, 0.25) is 0 Å². The fraction of sp³-hybridized carbons (Fsp3) is 0.211. The number of halogens is 3. The number of hydrogen-bond donors (Lipinski definition) is 3. The topological polar surface area (TPSA) is 101 Å². The first-order chi connectivity index (χ1) is 13.8. The first kappa shape index (κ1) is 20.2. The Labute approximate surface area is 164 Å². The maximum Gasteiger partial charge on any atom is 0.573 e. The fourth-order valence-electron chi connectivity index (χ4n) is 2.51. The molecule has 1 aromatic heterocycles. The Morgan fingerprint density at radius 2 is 1.93 bits per heavy atom. The van der Waals surface area contributed by atoms with Crippen molar-refractivity contribution in [1.82, 2.24) is 20.5 Å². The summed E-state index contributed by atoms with van der Waals surface area (Å²) in [5.74, 6) is 1.29. The van der Waals surface area contributed by atoms with Crippen LogP contribution in [0.5, 0.6) is 5.75 Å². The lowest BCUT2D eigenvalue weighted by atomic mass is 10.1. The van der Waals surface area contributed by atoms with Crippen LogP contribution in [0.15, 0.2) is 53.5 Å². The number of rotatable bonds is 6. The molecule has 0 fully saturated rings. The van der Waals surface area contributed by atoms with Gasteiger partial charge in [-0.3, -0.25) is 5.10 Å². The van der Waals surface area contributed by atoms with Gasteiger partial charge in [-0.15, -0.1) is 13.2 Å². The monoisotopic (exact) mass is 404 g/mol. The van der Waals surface area contributed by atoms with Crippen LogP contribution < -0.4 is 15.8 Å². The second-order valence-corrected chi connectivity index (χ2v) is 6.19. The molecule has 0 amide bonds. The number of aromatic nitrogens is 3. The largest absolute Gasteiger partial charge is 0.573 e. The van der Waals surface area contributed by atoms with E-state index in [4.69, 9.17) is 5.73 Å². The molecule has 0 aliphatic heterocycles. The third-order valence-corrected chi connectivity index (χ3v) is 3.84. The van der Waals surface area contributed by atoms with Crippen LogP contribution in [0.4, 0.5) is 13.2 Å². The van der Waals surface area contributed by atoms with Crippen molar-refractivity contribution in [2.24, 2.45) is 10.7 Å². The Hall–Kier alpha value is -3.56. The third-order valence-electron chi connectivity index (χ3n) is 3.84. The number of hydrogen-bond acceptors (Lipinski definition) is 4. The molecule has 0 atom stereocenters. The highest BCUT2D eigenvalue weighted by Crippen LogP contribution is 2.22. The average Bonchev–Trinajstić information content (AvgIpc) is 3.11. The maximum absolute atomic E-state index is 12.2. The zero-order valence-electron chi connectivity index (χ0n) is 15.5. The van der Waals surface area contributed by atoms with Gasteiger partial charge in [0.1, 0.15) is 11.6 Å². The quantitative estimate of drug-likeness (QED) is 0.432. The molecule has 0 radical (unpaired) electrons. The molecule has 3 aromatic rings. The zero-order chi connectivity index (χ0) is 20.9. The number of nitrogens with two attached hydrogens (primary N) is 1. The van der Waals surface area contributed by atoms with E-state index in [2.05, 4.69) is 30.2 Å². The lowest BCUT2D eigenvalue weighted by Gasteiger charge is -2.10. The van der Waals surface area contributed by atoms with Gasteiger partial charge in [-0.1, -0.05) is 30.3 Å². The second kappa shape index (κ2) is 8.63. The SMILES string of the molecule is Cc1nc(-c2cccc(CN=C(N)NCc3ccc(OC(F)(F)F)cc3)c2)n[nH]1. The van der Waals surface area contributed by atoms with E-state index in [9.17, 15) is 13.2 Å². The van der Waals surface area contributed by atoms with E-state index in [0.29, 0.717) is 18.9 Å². The molecule has 7 nitrogen and oxygen atoms in total. The molecule has 2 aromatic carbocycles. The molecule has 0 saturated heterocycles. The lowest BCUT2D eigenvalue weighted by molar-refractivity contribution is -0.274. The van der Waals surface area contributed by atoms with Gasteiger partial charge in [0.05, 0.1) is 6.54 Å². The van der Waals surface area contributed by atoms with Crippen molar-refractivity contribution in [3.8, 4) is 17.1 Å². The van der Waals surface area contributed by atoms with Crippen molar-refractivity contribution >= 4 is 5.96 Å². The van der Waals surface area contributed by atoms with Gasteiger partial charge >= 0.3 is 6.36 Å². The summed E-state index contributed by atoms with van der Waals surface area (Å²) in [4.78, 5) is 8.57. The van der Waals surface area contributed by atoms with E-state index in [0.717, 1.165) is 22.5 Å². The first-order valence-electron chi connectivity index (χ1n) is 8.65. The van der Waals surface area contributed by atoms with Gasteiger partial charge in [0.15, 0.2) is 11.8 Å². The summed E-state index contributed by atoms with van der Waals surface area (Å²) in [5, 5.41) is 9.85. The molecule has 0 aliphatic rings. The van der Waals surface area contributed by atoms with Gasteiger partial charge in [-0.2, -0.15) is 5.10 Å². The van der Waals surface area contributed by atoms with Crippen LogP contribution >= 0.6 is 0 Å². The molecule has 10 heteroatoms. The minimum absolute atomic E-state index is 0.222. The predicted molar refractivity (Wildman–Crippen MR) is 102 cm³/mol. The summed E-state index contributed by atoms with van der Waals surface area (Å²) in [6.45, 7) is 2.50. The zero-order valence-corrected chi connectivity index (χ0v) is 15.5. The summed E-state index contributed by atoms with van der Waals surface area (Å²) in [5.41, 5.74) is 8.41. The molecule has 0 saturated carbocycles. The number of guanidine groups is 1. The van der Waals surface area contributed by atoms with Crippen molar-refractivity contribution in [2.75, 3.05) is 0 Å². The Bertz CT molecular complexity index is 982.